The molecule has 0 fully saturated rings. The molecule has 0 aliphatic rings. The molecule has 2 aromatic rings. The van der Waals surface area contributed by atoms with Gasteiger partial charge >= 0.3 is 0 Å². The molecule has 0 unspecified atom stereocenters. The van der Waals surface area contributed by atoms with E-state index >= 15 is 0 Å². The zero-order chi connectivity index (χ0) is 15.1. The van der Waals surface area contributed by atoms with Gasteiger partial charge in [-0.15, -0.1) is 0 Å². The molecule has 0 aliphatic carbocycles. The number of carbonyl (C=O) groups excluding carboxylic acids is 1. The second-order valence-corrected chi connectivity index (χ2v) is 5.12. The molecule has 0 radical (unpaired) electrons. The van der Waals surface area contributed by atoms with Crippen LogP contribution in [0.5, 0.6) is 0 Å². The zero-order valence-corrected chi connectivity index (χ0v) is 12.7. The lowest BCUT2D eigenvalue weighted by Crippen LogP contribution is -2.23. The molecule has 1 amide bonds. The number of hydrogen-bond donors (Lipinski definition) is 1. The first kappa shape index (κ1) is 15.5. The van der Waals surface area contributed by atoms with Gasteiger partial charge in [0.25, 0.3) is 0 Å². The van der Waals surface area contributed by atoms with Gasteiger partial charge in [-0.25, -0.2) is 4.98 Å². The molecule has 0 spiro atoms. The minimum absolute atomic E-state index is 0.153. The van der Waals surface area contributed by atoms with Crippen LogP contribution in [0.25, 0.3) is 6.08 Å². The minimum atomic E-state index is -0.153. The van der Waals surface area contributed by atoms with E-state index in [0.29, 0.717) is 16.6 Å². The number of halogens is 2. The third-order valence-electron chi connectivity index (χ3n) is 2.70. The lowest BCUT2D eigenvalue weighted by Gasteiger charge is -2.02. The van der Waals surface area contributed by atoms with Crippen molar-refractivity contribution in [1.29, 1.82) is 0 Å². The molecule has 0 saturated carbocycles. The molecule has 0 aliphatic heterocycles. The van der Waals surface area contributed by atoms with E-state index in [1.54, 1.807) is 35.3 Å². The van der Waals surface area contributed by atoms with Crippen molar-refractivity contribution < 1.29 is 4.79 Å². The summed E-state index contributed by atoms with van der Waals surface area (Å²) in [6.07, 6.45) is 7.07. The third kappa shape index (κ3) is 5.21. The molecule has 0 atom stereocenters. The number of hydrogen-bond acceptors (Lipinski definition) is 3. The summed E-state index contributed by atoms with van der Waals surface area (Å²) in [4.78, 5) is 15.5. The molecular formula is C14H14Cl2N4O. The predicted molar refractivity (Wildman–Crippen MR) is 83.1 cm³/mol. The van der Waals surface area contributed by atoms with Crippen LogP contribution >= 0.6 is 23.2 Å². The van der Waals surface area contributed by atoms with Crippen molar-refractivity contribution in [2.45, 2.75) is 13.0 Å². The highest BCUT2D eigenvalue weighted by Gasteiger charge is 1.99. The molecule has 1 N–H and O–H groups in total. The van der Waals surface area contributed by atoms with Crippen molar-refractivity contribution in [3.05, 3.63) is 52.5 Å². The Balaban J connectivity index is 1.73. The summed E-state index contributed by atoms with van der Waals surface area (Å²) < 4.78 is 1.72. The van der Waals surface area contributed by atoms with Crippen LogP contribution < -0.4 is 5.32 Å². The van der Waals surface area contributed by atoms with Crippen molar-refractivity contribution in [3.8, 4) is 0 Å². The molecule has 1 aromatic carbocycles. The van der Waals surface area contributed by atoms with Crippen molar-refractivity contribution >= 4 is 35.2 Å². The maximum absolute atomic E-state index is 11.6. The Morgan fingerprint density at radius 1 is 1.33 bits per heavy atom. The van der Waals surface area contributed by atoms with Crippen LogP contribution in [0.15, 0.2) is 36.9 Å². The van der Waals surface area contributed by atoms with Crippen LogP contribution in [0.1, 0.15) is 12.0 Å². The maximum Gasteiger partial charge on any atom is 0.244 e. The van der Waals surface area contributed by atoms with Crippen LogP contribution in [-0.2, 0) is 11.3 Å². The normalized spacial score (nSPS) is 11.0. The standard InChI is InChI=1S/C14H14Cl2N4O/c15-12-4-2-11(8-13(12)16)3-5-14(21)18-6-1-7-20-10-17-9-19-20/h2-5,8-10H,1,6-7H2,(H,18,21). The molecule has 1 heterocycles. The Morgan fingerprint density at radius 2 is 2.19 bits per heavy atom. The van der Waals surface area contributed by atoms with E-state index in [0.717, 1.165) is 18.5 Å². The number of carbonyl (C=O) groups is 1. The van der Waals surface area contributed by atoms with Gasteiger partial charge in [0.1, 0.15) is 12.7 Å². The Morgan fingerprint density at radius 3 is 2.90 bits per heavy atom. The minimum Gasteiger partial charge on any atom is -0.352 e. The SMILES string of the molecule is O=C(C=Cc1ccc(Cl)c(Cl)c1)NCCCn1cncn1. The van der Waals surface area contributed by atoms with Crippen LogP contribution in [0.4, 0.5) is 0 Å². The van der Waals surface area contributed by atoms with E-state index in [1.807, 2.05) is 0 Å². The highest BCUT2D eigenvalue weighted by molar-refractivity contribution is 6.42. The molecule has 110 valence electrons. The summed E-state index contributed by atoms with van der Waals surface area (Å²) in [5.74, 6) is -0.153. The Hall–Kier alpha value is -1.85. The van der Waals surface area contributed by atoms with Crippen LogP contribution in [0, 0.1) is 0 Å². The Bertz CT molecular complexity index is 626. The molecular weight excluding hydrogens is 311 g/mol. The number of aryl methyl sites for hydroxylation is 1. The van der Waals surface area contributed by atoms with E-state index < -0.39 is 0 Å². The third-order valence-corrected chi connectivity index (χ3v) is 3.44. The highest BCUT2D eigenvalue weighted by Crippen LogP contribution is 2.22. The average Bonchev–Trinajstić information content (AvgIpc) is 2.98. The van der Waals surface area contributed by atoms with Crippen molar-refractivity contribution in [2.24, 2.45) is 0 Å². The Labute approximate surface area is 132 Å². The molecule has 1 aromatic heterocycles. The fourth-order valence-corrected chi connectivity index (χ4v) is 1.95. The number of nitrogens with one attached hydrogen (secondary N) is 1. The monoisotopic (exact) mass is 324 g/mol. The number of benzene rings is 1. The average molecular weight is 325 g/mol. The lowest BCUT2D eigenvalue weighted by molar-refractivity contribution is -0.116. The van der Waals surface area contributed by atoms with Crippen LogP contribution in [0.2, 0.25) is 10.0 Å². The second-order valence-electron chi connectivity index (χ2n) is 4.31. The van der Waals surface area contributed by atoms with Gasteiger partial charge in [0.05, 0.1) is 10.0 Å². The van der Waals surface area contributed by atoms with Gasteiger partial charge in [-0.3, -0.25) is 9.48 Å². The first-order valence-corrected chi connectivity index (χ1v) is 7.14. The molecule has 5 nitrogen and oxygen atoms in total. The van der Waals surface area contributed by atoms with Gasteiger partial charge in [-0.2, -0.15) is 5.10 Å². The fourth-order valence-electron chi connectivity index (χ4n) is 1.65. The van der Waals surface area contributed by atoms with Crippen molar-refractivity contribution in [2.75, 3.05) is 6.54 Å². The van der Waals surface area contributed by atoms with E-state index in [-0.39, 0.29) is 5.91 Å². The summed E-state index contributed by atoms with van der Waals surface area (Å²) in [7, 11) is 0. The van der Waals surface area contributed by atoms with E-state index in [2.05, 4.69) is 15.4 Å². The number of amides is 1. The van der Waals surface area contributed by atoms with E-state index in [1.165, 1.54) is 12.4 Å². The van der Waals surface area contributed by atoms with Crippen LogP contribution in [0.3, 0.4) is 0 Å². The van der Waals surface area contributed by atoms with E-state index in [9.17, 15) is 4.79 Å². The van der Waals surface area contributed by atoms with Crippen molar-refractivity contribution in [1.82, 2.24) is 20.1 Å². The summed E-state index contributed by atoms with van der Waals surface area (Å²) in [5, 5.41) is 7.73. The van der Waals surface area contributed by atoms with Gasteiger partial charge in [-0.05, 0) is 30.2 Å². The topological polar surface area (TPSA) is 59.8 Å². The first-order chi connectivity index (χ1) is 10.1. The second kappa shape index (κ2) is 7.81. The first-order valence-electron chi connectivity index (χ1n) is 6.38. The number of rotatable bonds is 6. The van der Waals surface area contributed by atoms with Gasteiger partial charge in [0.15, 0.2) is 0 Å². The smallest absolute Gasteiger partial charge is 0.244 e. The van der Waals surface area contributed by atoms with E-state index in [4.69, 9.17) is 23.2 Å². The summed E-state index contributed by atoms with van der Waals surface area (Å²) >= 11 is 11.7. The van der Waals surface area contributed by atoms with Gasteiger partial charge in [0, 0.05) is 19.2 Å². The maximum atomic E-state index is 11.6. The molecule has 2 rings (SSSR count). The quantitative estimate of drug-likeness (QED) is 0.656. The highest BCUT2D eigenvalue weighted by atomic mass is 35.5. The van der Waals surface area contributed by atoms with Crippen LogP contribution in [-0.4, -0.2) is 27.2 Å². The Kier molecular flexibility index (Phi) is 5.78. The van der Waals surface area contributed by atoms with Gasteiger partial charge in [-0.1, -0.05) is 29.3 Å². The lowest BCUT2D eigenvalue weighted by atomic mass is 10.2. The molecule has 0 bridgehead atoms. The largest absolute Gasteiger partial charge is 0.352 e. The van der Waals surface area contributed by atoms with Gasteiger partial charge in [0.2, 0.25) is 5.91 Å². The predicted octanol–water partition coefficient (Wildman–Crippen LogP) is 2.80. The molecule has 0 saturated heterocycles. The molecule has 7 heteroatoms. The van der Waals surface area contributed by atoms with Crippen molar-refractivity contribution in [3.63, 3.8) is 0 Å². The summed E-state index contributed by atoms with van der Waals surface area (Å²) in [5.41, 5.74) is 0.821. The number of aromatic nitrogens is 3. The zero-order valence-electron chi connectivity index (χ0n) is 11.2. The fraction of sp³-hybridized carbons (Fsp3) is 0.214. The number of nitrogens with zero attached hydrogens (tertiary/aromatic N) is 3. The molecule has 21 heavy (non-hydrogen) atoms. The van der Waals surface area contributed by atoms with Gasteiger partial charge < -0.3 is 5.32 Å². The summed E-state index contributed by atoms with van der Waals surface area (Å²) in [6.45, 7) is 1.29. The summed E-state index contributed by atoms with van der Waals surface area (Å²) in [6, 6.07) is 5.20.